The van der Waals surface area contributed by atoms with E-state index in [1.54, 1.807) is 6.92 Å². The molecule has 0 amide bonds. The summed E-state index contributed by atoms with van der Waals surface area (Å²) >= 11 is 0. The molecule has 168 valence electrons. The van der Waals surface area contributed by atoms with Crippen molar-refractivity contribution in [1.82, 2.24) is 0 Å². The Kier molecular flexibility index (Phi) is 5.50. The molecule has 3 aliphatic rings. The van der Waals surface area contributed by atoms with Crippen LogP contribution in [-0.2, 0) is 14.9 Å². The minimum absolute atomic E-state index is 0.00481. The predicted molar refractivity (Wildman–Crippen MR) is 115 cm³/mol. The van der Waals surface area contributed by atoms with Crippen molar-refractivity contribution in [1.29, 1.82) is 0 Å². The molecule has 2 N–H and O–H groups in total. The summed E-state index contributed by atoms with van der Waals surface area (Å²) in [6, 6.07) is 8.13. The van der Waals surface area contributed by atoms with Crippen LogP contribution < -0.4 is 4.74 Å². The number of hydrogen-bond donors (Lipinski definition) is 2. The first-order valence-electron chi connectivity index (χ1n) is 11.5. The number of hydrogen-bond acceptors (Lipinski definition) is 5. The van der Waals surface area contributed by atoms with E-state index in [0.29, 0.717) is 12.3 Å². The second kappa shape index (κ2) is 7.47. The lowest BCUT2D eigenvalue weighted by atomic mass is 9.58. The molecular formula is C25H38O5. The van der Waals surface area contributed by atoms with Crippen molar-refractivity contribution in [3.05, 3.63) is 29.8 Å². The average molecular weight is 419 g/mol. The molecule has 3 fully saturated rings. The van der Waals surface area contributed by atoms with Crippen molar-refractivity contribution in [3.8, 4) is 5.75 Å². The monoisotopic (exact) mass is 418 g/mol. The zero-order valence-corrected chi connectivity index (χ0v) is 19.2. The molecule has 5 heteroatoms. The Morgan fingerprint density at radius 1 is 1.00 bits per heavy atom. The molecule has 1 aliphatic carbocycles. The van der Waals surface area contributed by atoms with Crippen molar-refractivity contribution in [3.63, 3.8) is 0 Å². The second-order valence-electron chi connectivity index (χ2n) is 11.1. The summed E-state index contributed by atoms with van der Waals surface area (Å²) < 4.78 is 18.5. The first-order valence-corrected chi connectivity index (χ1v) is 11.5. The van der Waals surface area contributed by atoms with E-state index in [9.17, 15) is 10.2 Å². The van der Waals surface area contributed by atoms with E-state index in [-0.39, 0.29) is 23.2 Å². The van der Waals surface area contributed by atoms with Crippen LogP contribution in [0.2, 0.25) is 0 Å². The molecule has 5 nitrogen and oxygen atoms in total. The lowest BCUT2D eigenvalue weighted by Gasteiger charge is -2.57. The third-order valence-corrected chi connectivity index (χ3v) is 7.76. The third kappa shape index (κ3) is 3.79. The quantitative estimate of drug-likeness (QED) is 0.735. The van der Waals surface area contributed by atoms with Crippen LogP contribution in [0.5, 0.6) is 5.75 Å². The first-order chi connectivity index (χ1) is 13.9. The van der Waals surface area contributed by atoms with Crippen molar-refractivity contribution in [2.45, 2.75) is 96.6 Å². The second-order valence-corrected chi connectivity index (χ2v) is 11.1. The first kappa shape index (κ1) is 22.1. The lowest BCUT2D eigenvalue weighted by Crippen LogP contribution is -2.67. The fraction of sp³-hybridized carbons (Fsp3) is 0.760. The maximum atomic E-state index is 11.9. The highest BCUT2D eigenvalue weighted by Crippen LogP contribution is 2.55. The van der Waals surface area contributed by atoms with Gasteiger partial charge in [0.25, 0.3) is 0 Å². The van der Waals surface area contributed by atoms with E-state index >= 15 is 0 Å². The van der Waals surface area contributed by atoms with E-state index in [1.165, 1.54) is 5.56 Å². The van der Waals surface area contributed by atoms with E-state index in [2.05, 4.69) is 46.8 Å². The van der Waals surface area contributed by atoms with Crippen LogP contribution >= 0.6 is 0 Å². The molecule has 1 saturated carbocycles. The molecule has 4 rings (SSSR count). The highest BCUT2D eigenvalue weighted by atomic mass is 16.8. The van der Waals surface area contributed by atoms with Gasteiger partial charge in [0, 0.05) is 18.3 Å². The molecule has 0 radical (unpaired) electrons. The predicted octanol–water partition coefficient (Wildman–Crippen LogP) is 4.59. The van der Waals surface area contributed by atoms with Crippen LogP contribution in [0.1, 0.15) is 72.8 Å². The molecule has 0 aromatic heterocycles. The number of benzene rings is 1. The number of ether oxygens (including phenoxy) is 3. The van der Waals surface area contributed by atoms with Gasteiger partial charge in [0.2, 0.25) is 6.29 Å². The van der Waals surface area contributed by atoms with Gasteiger partial charge in [0.15, 0.2) is 12.1 Å². The van der Waals surface area contributed by atoms with Gasteiger partial charge in [-0.3, -0.25) is 0 Å². The fourth-order valence-electron chi connectivity index (χ4n) is 5.84. The Morgan fingerprint density at radius 2 is 1.67 bits per heavy atom. The Bertz CT molecular complexity index is 752. The van der Waals surface area contributed by atoms with Gasteiger partial charge < -0.3 is 24.4 Å². The van der Waals surface area contributed by atoms with Crippen LogP contribution in [0.3, 0.4) is 0 Å². The van der Waals surface area contributed by atoms with Crippen molar-refractivity contribution >= 4 is 0 Å². The molecule has 0 bridgehead atoms. The van der Waals surface area contributed by atoms with Crippen molar-refractivity contribution in [2.75, 3.05) is 0 Å². The van der Waals surface area contributed by atoms with Crippen LogP contribution in [0.4, 0.5) is 0 Å². The standard InChI is InChI=1S/C25H38O5/c1-15-7-12-20-16(2)21(28-18-10-8-17(9-11-18)23(3,4)5)29-22-25(20,27)19(15)13-14-24(6,26)30-22/h8-11,15-16,19-22,26-27H,7,12-14H2,1-6H3/t15-,16-,19?,20?,21?,22-,24-,25-/m1/s1. The summed E-state index contributed by atoms with van der Waals surface area (Å²) in [6.45, 7) is 12.5. The Balaban J connectivity index is 1.60. The summed E-state index contributed by atoms with van der Waals surface area (Å²) in [5.41, 5.74) is 0.221. The highest BCUT2D eigenvalue weighted by molar-refractivity contribution is 5.31. The molecule has 2 saturated heterocycles. The smallest absolute Gasteiger partial charge is 0.205 e. The maximum Gasteiger partial charge on any atom is 0.205 e. The molecule has 1 aromatic rings. The maximum absolute atomic E-state index is 11.9. The van der Waals surface area contributed by atoms with Crippen molar-refractivity contribution < 1.29 is 24.4 Å². The highest BCUT2D eigenvalue weighted by Gasteiger charge is 2.63. The minimum Gasteiger partial charge on any atom is -0.465 e. The summed E-state index contributed by atoms with van der Waals surface area (Å²) in [7, 11) is 0. The van der Waals surface area contributed by atoms with Crippen LogP contribution in [0.25, 0.3) is 0 Å². The SMILES string of the molecule is C[C@H]1C(Oc2ccc(C(C)(C)C)cc2)O[C@@H]2O[C@@](C)(O)CCC3[C@H](C)CCC1[C@]32O. The summed E-state index contributed by atoms with van der Waals surface area (Å²) in [6.07, 6.45) is 1.75. The Hall–Kier alpha value is -1.14. The van der Waals surface area contributed by atoms with E-state index in [4.69, 9.17) is 14.2 Å². The number of aliphatic hydroxyl groups is 2. The lowest BCUT2D eigenvalue weighted by molar-refractivity contribution is -0.398. The van der Waals surface area contributed by atoms with E-state index in [1.807, 2.05) is 12.1 Å². The average Bonchev–Trinajstić information content (AvgIpc) is 2.74. The topological polar surface area (TPSA) is 68.2 Å². The molecule has 30 heavy (non-hydrogen) atoms. The van der Waals surface area contributed by atoms with Gasteiger partial charge in [-0.1, -0.05) is 46.8 Å². The Morgan fingerprint density at radius 3 is 2.30 bits per heavy atom. The molecule has 2 heterocycles. The summed E-state index contributed by atoms with van der Waals surface area (Å²) in [4.78, 5) is 0. The van der Waals surface area contributed by atoms with Crippen LogP contribution in [0.15, 0.2) is 24.3 Å². The molecule has 2 aliphatic heterocycles. The third-order valence-electron chi connectivity index (χ3n) is 7.76. The van der Waals surface area contributed by atoms with Crippen molar-refractivity contribution in [2.24, 2.45) is 23.7 Å². The van der Waals surface area contributed by atoms with Crippen LogP contribution in [-0.4, -0.2) is 34.2 Å². The van der Waals surface area contributed by atoms with Gasteiger partial charge in [0.05, 0.1) is 0 Å². The van der Waals surface area contributed by atoms with E-state index in [0.717, 1.165) is 25.0 Å². The molecule has 8 atom stereocenters. The fourth-order valence-corrected chi connectivity index (χ4v) is 5.84. The zero-order chi connectivity index (χ0) is 21.9. The van der Waals surface area contributed by atoms with Gasteiger partial charge in [-0.05, 0) is 61.1 Å². The van der Waals surface area contributed by atoms with Gasteiger partial charge in [0.1, 0.15) is 11.4 Å². The molecule has 1 aromatic carbocycles. The molecular weight excluding hydrogens is 380 g/mol. The summed E-state index contributed by atoms with van der Waals surface area (Å²) in [5, 5.41) is 22.6. The van der Waals surface area contributed by atoms with Crippen LogP contribution in [0, 0.1) is 23.7 Å². The Labute approximate surface area is 180 Å². The molecule has 3 unspecified atom stereocenters. The minimum atomic E-state index is -1.32. The number of rotatable bonds is 2. The largest absolute Gasteiger partial charge is 0.465 e. The van der Waals surface area contributed by atoms with Gasteiger partial charge in [-0.15, -0.1) is 0 Å². The normalized spacial score (nSPS) is 44.1. The summed E-state index contributed by atoms with van der Waals surface area (Å²) in [5.74, 6) is -0.150. The molecule has 0 spiro atoms. The van der Waals surface area contributed by atoms with E-state index < -0.39 is 24.0 Å². The van der Waals surface area contributed by atoms with Gasteiger partial charge in [-0.25, -0.2) is 0 Å². The van der Waals surface area contributed by atoms with Gasteiger partial charge in [-0.2, -0.15) is 0 Å². The zero-order valence-electron chi connectivity index (χ0n) is 19.2. The van der Waals surface area contributed by atoms with Gasteiger partial charge >= 0.3 is 0 Å².